The van der Waals surface area contributed by atoms with Gasteiger partial charge < -0.3 is 20.1 Å². The third-order valence-electron chi connectivity index (χ3n) is 5.12. The first-order valence-electron chi connectivity index (χ1n) is 9.65. The van der Waals surface area contributed by atoms with Gasteiger partial charge in [-0.1, -0.05) is 12.1 Å². The van der Waals surface area contributed by atoms with Gasteiger partial charge in [0.25, 0.3) is 0 Å². The lowest BCUT2D eigenvalue weighted by atomic mass is 10.0. The summed E-state index contributed by atoms with van der Waals surface area (Å²) in [5.74, 6) is -0.508. The Morgan fingerprint density at radius 3 is 2.09 bits per heavy atom. The van der Waals surface area contributed by atoms with Gasteiger partial charge in [0.05, 0.1) is 23.8 Å². The molecule has 1 heterocycles. The van der Waals surface area contributed by atoms with Crippen LogP contribution in [0.25, 0.3) is 0 Å². The first-order valence-corrected chi connectivity index (χ1v) is 10.1. The van der Waals surface area contributed by atoms with Crippen molar-refractivity contribution >= 4 is 17.3 Å². The molecule has 4 nitrogen and oxygen atoms in total. The lowest BCUT2D eigenvalue weighted by molar-refractivity contribution is -0.219. The van der Waals surface area contributed by atoms with E-state index in [0.717, 1.165) is 0 Å². The molecule has 1 fully saturated rings. The smallest absolute Gasteiger partial charge is 0.376 e. The average Bonchev–Trinajstić information content (AvgIpc) is 2.72. The number of nitrogens with zero attached hydrogens (tertiary/aromatic N) is 1. The van der Waals surface area contributed by atoms with Gasteiger partial charge >= 0.3 is 12.4 Å². The minimum Gasteiger partial charge on any atom is -0.376 e. The van der Waals surface area contributed by atoms with Crippen LogP contribution in [-0.4, -0.2) is 29.5 Å². The van der Waals surface area contributed by atoms with E-state index in [-0.39, 0.29) is 29.9 Å². The van der Waals surface area contributed by atoms with E-state index in [2.05, 4.69) is 0 Å². The Labute approximate surface area is 190 Å². The van der Waals surface area contributed by atoms with Gasteiger partial charge in [0.1, 0.15) is 11.9 Å². The normalized spacial score (nSPS) is 20.5. The highest BCUT2D eigenvalue weighted by Gasteiger charge is 2.39. The Balaban J connectivity index is 1.96. The van der Waals surface area contributed by atoms with Crippen molar-refractivity contribution < 1.29 is 40.2 Å². The third-order valence-corrected chi connectivity index (χ3v) is 5.35. The van der Waals surface area contributed by atoms with Crippen LogP contribution < -0.4 is 5.73 Å². The second kappa shape index (κ2) is 9.43. The number of nitrogens with two attached hydrogens (primary N) is 1. The molecule has 1 saturated heterocycles. The quantitative estimate of drug-likeness (QED) is 0.442. The maximum absolute atomic E-state index is 13.4. The molecule has 2 N–H and O–H groups in total. The van der Waals surface area contributed by atoms with Crippen LogP contribution in [0.1, 0.15) is 41.3 Å². The van der Waals surface area contributed by atoms with Gasteiger partial charge in [-0.15, -0.1) is 0 Å². The third kappa shape index (κ3) is 5.92. The number of rotatable bonds is 4. The molecule has 0 saturated carbocycles. The first kappa shape index (κ1) is 25.2. The molecule has 3 rings (SSSR count). The zero-order valence-corrected chi connectivity index (χ0v) is 17.9. The highest BCUT2D eigenvalue weighted by molar-refractivity contribution is 7.80. The Bertz CT molecular complexity index is 963. The van der Waals surface area contributed by atoms with E-state index in [0.29, 0.717) is 17.7 Å². The maximum Gasteiger partial charge on any atom is 0.416 e. The molecule has 0 aromatic heterocycles. The molecule has 0 bridgehead atoms. The van der Waals surface area contributed by atoms with Gasteiger partial charge in [0.15, 0.2) is 11.4 Å². The summed E-state index contributed by atoms with van der Waals surface area (Å²) in [7, 11) is 0. The summed E-state index contributed by atoms with van der Waals surface area (Å²) in [6.07, 6.45) is -12.4. The molecule has 33 heavy (non-hydrogen) atoms. The number of ether oxygens (including phenoxy) is 2. The van der Waals surface area contributed by atoms with Crippen LogP contribution >= 0.6 is 12.2 Å². The highest BCUT2D eigenvalue weighted by atomic mass is 32.1. The second-order valence-electron chi connectivity index (χ2n) is 7.38. The Hall–Kier alpha value is -2.44. The molecule has 2 aromatic rings. The van der Waals surface area contributed by atoms with Crippen LogP contribution in [0.2, 0.25) is 0 Å². The molecular formula is C21H19F7N2O2S. The van der Waals surface area contributed by atoms with Gasteiger partial charge in [-0.3, -0.25) is 0 Å². The average molecular weight is 496 g/mol. The number of thiocarbonyl (C=S) groups is 1. The Morgan fingerprint density at radius 1 is 1.06 bits per heavy atom. The van der Waals surface area contributed by atoms with Crippen molar-refractivity contribution in [2.24, 2.45) is 5.73 Å². The first-order chi connectivity index (χ1) is 15.3. The summed E-state index contributed by atoms with van der Waals surface area (Å²) in [5.41, 5.74) is 3.03. The van der Waals surface area contributed by atoms with Crippen molar-refractivity contribution in [1.29, 1.82) is 0 Å². The largest absolute Gasteiger partial charge is 0.416 e. The van der Waals surface area contributed by atoms with Crippen molar-refractivity contribution in [3.05, 3.63) is 70.5 Å². The fraction of sp³-hybridized carbons (Fsp3) is 0.381. The van der Waals surface area contributed by atoms with Crippen molar-refractivity contribution in [3.63, 3.8) is 0 Å². The fourth-order valence-corrected chi connectivity index (χ4v) is 3.70. The summed E-state index contributed by atoms with van der Waals surface area (Å²) < 4.78 is 104. The minimum atomic E-state index is -4.99. The molecule has 2 unspecified atom stereocenters. The van der Waals surface area contributed by atoms with E-state index in [1.54, 1.807) is 0 Å². The van der Waals surface area contributed by atoms with E-state index in [9.17, 15) is 30.7 Å². The van der Waals surface area contributed by atoms with Crippen LogP contribution in [0, 0.1) is 5.82 Å². The summed E-state index contributed by atoms with van der Waals surface area (Å²) in [4.78, 5) is 1.54. The molecule has 0 spiro atoms. The highest BCUT2D eigenvalue weighted by Crippen LogP contribution is 2.39. The van der Waals surface area contributed by atoms with Crippen molar-refractivity contribution in [2.75, 3.05) is 13.2 Å². The Morgan fingerprint density at radius 2 is 1.61 bits per heavy atom. The standard InChI is InChI=1S/C21H19F7N2O2S/c1-11(13-8-14(20(23,24)25)10-15(9-13)21(26,27)28)32-18-17(12-2-4-16(22)5-3-12)30(19(29)33)6-7-31-18/h2-5,8-11,17-18H,6-7H2,1H3,(H2,29,33)/t11-,17?,18?/m1/s1. The van der Waals surface area contributed by atoms with Gasteiger partial charge in [-0.05, 0) is 60.6 Å². The van der Waals surface area contributed by atoms with E-state index < -0.39 is 47.7 Å². The zero-order chi connectivity index (χ0) is 24.6. The number of halogens is 7. The molecule has 2 aromatic carbocycles. The van der Waals surface area contributed by atoms with Crippen LogP contribution in [0.15, 0.2) is 42.5 Å². The monoisotopic (exact) mass is 496 g/mol. The van der Waals surface area contributed by atoms with E-state index in [1.807, 2.05) is 0 Å². The van der Waals surface area contributed by atoms with Crippen LogP contribution in [0.3, 0.4) is 0 Å². The van der Waals surface area contributed by atoms with E-state index in [1.165, 1.54) is 36.1 Å². The fourth-order valence-electron chi connectivity index (χ4n) is 3.50. The lowest BCUT2D eigenvalue weighted by Gasteiger charge is -2.42. The number of alkyl halides is 6. The van der Waals surface area contributed by atoms with Gasteiger partial charge in [-0.2, -0.15) is 26.3 Å². The summed E-state index contributed by atoms with van der Waals surface area (Å²) in [6, 6.07) is 5.69. The Kier molecular flexibility index (Phi) is 7.20. The molecule has 0 amide bonds. The van der Waals surface area contributed by atoms with Gasteiger partial charge in [-0.25, -0.2) is 4.39 Å². The van der Waals surface area contributed by atoms with Crippen LogP contribution in [0.5, 0.6) is 0 Å². The van der Waals surface area contributed by atoms with Crippen molar-refractivity contribution in [1.82, 2.24) is 4.90 Å². The second-order valence-corrected chi connectivity index (χ2v) is 7.80. The SMILES string of the molecule is C[C@@H](OC1OCCN(C(N)=S)C1c1ccc(F)cc1)c1cc(C(F)(F)F)cc(C(F)(F)F)c1. The number of benzene rings is 2. The molecule has 0 radical (unpaired) electrons. The molecule has 0 aliphatic carbocycles. The number of hydrogen-bond acceptors (Lipinski definition) is 3. The molecule has 3 atom stereocenters. The maximum atomic E-state index is 13.4. The number of morpholine rings is 1. The lowest BCUT2D eigenvalue weighted by Crippen LogP contribution is -2.51. The van der Waals surface area contributed by atoms with Gasteiger partial charge in [0.2, 0.25) is 0 Å². The van der Waals surface area contributed by atoms with Crippen LogP contribution in [0.4, 0.5) is 30.7 Å². The van der Waals surface area contributed by atoms with E-state index >= 15 is 0 Å². The predicted octanol–water partition coefficient (Wildman–Crippen LogP) is 5.58. The van der Waals surface area contributed by atoms with Crippen molar-refractivity contribution in [2.45, 2.75) is 37.7 Å². The minimum absolute atomic E-state index is 0.0210. The molecular weight excluding hydrogens is 477 g/mol. The summed E-state index contributed by atoms with van der Waals surface area (Å²) in [5, 5.41) is -0.0210. The molecule has 12 heteroatoms. The number of hydrogen-bond donors (Lipinski definition) is 1. The summed E-state index contributed by atoms with van der Waals surface area (Å²) >= 11 is 5.06. The van der Waals surface area contributed by atoms with Crippen LogP contribution in [-0.2, 0) is 21.8 Å². The molecule has 1 aliphatic rings. The van der Waals surface area contributed by atoms with Crippen molar-refractivity contribution in [3.8, 4) is 0 Å². The zero-order valence-electron chi connectivity index (χ0n) is 17.1. The van der Waals surface area contributed by atoms with E-state index in [4.69, 9.17) is 27.4 Å². The summed E-state index contributed by atoms with van der Waals surface area (Å²) in [6.45, 7) is 1.65. The predicted molar refractivity (Wildman–Crippen MR) is 108 cm³/mol. The topological polar surface area (TPSA) is 47.7 Å². The molecule has 180 valence electrons. The molecule has 1 aliphatic heterocycles. The van der Waals surface area contributed by atoms with Gasteiger partial charge in [0, 0.05) is 6.54 Å².